The first-order valence-electron chi connectivity index (χ1n) is 7.61. The highest BCUT2D eigenvalue weighted by Crippen LogP contribution is 2.17. The Balaban J connectivity index is 1.72. The van der Waals surface area contributed by atoms with E-state index in [2.05, 4.69) is 15.6 Å². The maximum Gasteiger partial charge on any atom is 0.257 e. The first-order chi connectivity index (χ1) is 12.5. The fraction of sp³-hybridized carbons (Fsp3) is 0. The number of halogens is 2. The van der Waals surface area contributed by atoms with Crippen molar-refractivity contribution in [3.8, 4) is 0 Å². The lowest BCUT2D eigenvalue weighted by atomic mass is 10.2. The van der Waals surface area contributed by atoms with Gasteiger partial charge in [-0.05, 0) is 48.5 Å². The lowest BCUT2D eigenvalue weighted by molar-refractivity contribution is 0.101. The van der Waals surface area contributed by atoms with Crippen molar-refractivity contribution in [3.05, 3.63) is 89.8 Å². The molecule has 0 bridgehead atoms. The van der Waals surface area contributed by atoms with Crippen LogP contribution in [0.25, 0.3) is 0 Å². The van der Waals surface area contributed by atoms with Crippen LogP contribution in [0.5, 0.6) is 0 Å². The second-order valence-corrected chi connectivity index (χ2v) is 5.36. The van der Waals surface area contributed by atoms with Crippen molar-refractivity contribution in [3.63, 3.8) is 0 Å². The van der Waals surface area contributed by atoms with E-state index in [1.165, 1.54) is 12.3 Å². The van der Waals surface area contributed by atoms with Gasteiger partial charge in [0.15, 0.2) is 11.6 Å². The zero-order chi connectivity index (χ0) is 18.5. The maximum absolute atomic E-state index is 13.2. The Morgan fingerprint density at radius 1 is 0.769 bits per heavy atom. The van der Waals surface area contributed by atoms with Crippen LogP contribution in [0.4, 0.5) is 20.2 Å². The van der Waals surface area contributed by atoms with Gasteiger partial charge in [0, 0.05) is 29.3 Å². The summed E-state index contributed by atoms with van der Waals surface area (Å²) in [5, 5.41) is 5.25. The van der Waals surface area contributed by atoms with Crippen molar-refractivity contribution in [2.24, 2.45) is 0 Å². The number of carbonyl (C=O) groups excluding carboxylic acids is 2. The van der Waals surface area contributed by atoms with Crippen LogP contribution >= 0.6 is 0 Å². The third kappa shape index (κ3) is 4.07. The Hall–Kier alpha value is -3.61. The Labute approximate surface area is 147 Å². The normalized spacial score (nSPS) is 10.2. The number of nitrogens with one attached hydrogen (secondary N) is 2. The van der Waals surface area contributed by atoms with Crippen molar-refractivity contribution >= 4 is 23.2 Å². The van der Waals surface area contributed by atoms with Crippen LogP contribution in [-0.4, -0.2) is 16.8 Å². The molecular formula is C19H13F2N3O2. The number of amides is 2. The second-order valence-electron chi connectivity index (χ2n) is 5.36. The highest BCUT2D eigenvalue weighted by atomic mass is 19.2. The number of anilines is 2. The number of carbonyl (C=O) groups is 2. The predicted octanol–water partition coefficient (Wildman–Crippen LogP) is 3.86. The fourth-order valence-electron chi connectivity index (χ4n) is 2.22. The van der Waals surface area contributed by atoms with E-state index >= 15 is 0 Å². The minimum Gasteiger partial charge on any atom is -0.322 e. The average molecular weight is 353 g/mol. The van der Waals surface area contributed by atoms with Crippen LogP contribution in [0, 0.1) is 11.6 Å². The smallest absolute Gasteiger partial charge is 0.257 e. The molecule has 1 heterocycles. The van der Waals surface area contributed by atoms with Crippen LogP contribution < -0.4 is 10.6 Å². The standard InChI is InChI=1S/C19H13F2N3O2/c20-16-7-6-12(9-17(16)21)18(25)23-14-4-1-5-15(10-14)24-19(26)13-3-2-8-22-11-13/h1-11H,(H,23,25)(H,24,26). The van der Waals surface area contributed by atoms with Crippen molar-refractivity contribution in [1.29, 1.82) is 0 Å². The summed E-state index contributed by atoms with van der Waals surface area (Å²) >= 11 is 0. The van der Waals surface area contributed by atoms with Gasteiger partial charge in [0.1, 0.15) is 0 Å². The zero-order valence-corrected chi connectivity index (χ0v) is 13.4. The number of hydrogen-bond donors (Lipinski definition) is 2. The van der Waals surface area contributed by atoms with Crippen LogP contribution in [0.3, 0.4) is 0 Å². The van der Waals surface area contributed by atoms with Gasteiger partial charge in [0.25, 0.3) is 11.8 Å². The first-order valence-corrected chi connectivity index (χ1v) is 7.61. The number of aromatic nitrogens is 1. The molecule has 0 aliphatic carbocycles. The highest BCUT2D eigenvalue weighted by Gasteiger charge is 2.11. The Kier molecular flexibility index (Phi) is 4.98. The third-order valence-corrected chi connectivity index (χ3v) is 3.48. The second kappa shape index (κ2) is 7.52. The van der Waals surface area contributed by atoms with Gasteiger partial charge in [-0.3, -0.25) is 14.6 Å². The van der Waals surface area contributed by atoms with E-state index in [4.69, 9.17) is 0 Å². The summed E-state index contributed by atoms with van der Waals surface area (Å²) in [6, 6.07) is 12.6. The van der Waals surface area contributed by atoms with Crippen LogP contribution in [-0.2, 0) is 0 Å². The molecule has 0 radical (unpaired) electrons. The van der Waals surface area contributed by atoms with Crippen molar-refractivity contribution in [2.45, 2.75) is 0 Å². The minimum atomic E-state index is -1.10. The van der Waals surface area contributed by atoms with Gasteiger partial charge in [-0.2, -0.15) is 0 Å². The molecule has 1 aromatic heterocycles. The zero-order valence-electron chi connectivity index (χ0n) is 13.4. The molecule has 0 spiro atoms. The molecule has 0 atom stereocenters. The molecule has 2 N–H and O–H groups in total. The van der Waals surface area contributed by atoms with E-state index in [0.29, 0.717) is 16.9 Å². The number of benzene rings is 2. The van der Waals surface area contributed by atoms with E-state index in [9.17, 15) is 18.4 Å². The van der Waals surface area contributed by atoms with Gasteiger partial charge in [0.2, 0.25) is 0 Å². The molecule has 130 valence electrons. The number of rotatable bonds is 4. The molecule has 0 fully saturated rings. The van der Waals surface area contributed by atoms with E-state index in [1.54, 1.807) is 42.6 Å². The molecule has 0 saturated carbocycles. The lowest BCUT2D eigenvalue weighted by Crippen LogP contribution is -2.14. The maximum atomic E-state index is 13.2. The highest BCUT2D eigenvalue weighted by molar-refractivity contribution is 6.06. The Bertz CT molecular complexity index is 962. The SMILES string of the molecule is O=C(Nc1cccc(NC(=O)c2ccc(F)c(F)c2)c1)c1cccnc1. The van der Waals surface area contributed by atoms with Gasteiger partial charge >= 0.3 is 0 Å². The van der Waals surface area contributed by atoms with Crippen LogP contribution in [0.1, 0.15) is 20.7 Å². The molecule has 3 rings (SSSR count). The molecule has 3 aromatic rings. The van der Waals surface area contributed by atoms with E-state index in [1.807, 2.05) is 0 Å². The van der Waals surface area contributed by atoms with Gasteiger partial charge in [-0.1, -0.05) is 6.07 Å². The van der Waals surface area contributed by atoms with Crippen molar-refractivity contribution in [1.82, 2.24) is 4.98 Å². The summed E-state index contributed by atoms with van der Waals surface area (Å²) in [5.41, 5.74) is 1.23. The summed E-state index contributed by atoms with van der Waals surface area (Å²) in [6.45, 7) is 0. The van der Waals surface area contributed by atoms with E-state index in [-0.39, 0.29) is 11.5 Å². The molecule has 26 heavy (non-hydrogen) atoms. The summed E-state index contributed by atoms with van der Waals surface area (Å²) in [6.07, 6.45) is 3.00. The number of hydrogen-bond acceptors (Lipinski definition) is 3. The molecule has 0 saturated heterocycles. The number of pyridine rings is 1. The van der Waals surface area contributed by atoms with Crippen molar-refractivity contribution < 1.29 is 18.4 Å². The van der Waals surface area contributed by atoms with Crippen LogP contribution in [0.2, 0.25) is 0 Å². The third-order valence-electron chi connectivity index (χ3n) is 3.48. The van der Waals surface area contributed by atoms with Crippen molar-refractivity contribution in [2.75, 3.05) is 10.6 Å². The van der Waals surface area contributed by atoms with Gasteiger partial charge in [0.05, 0.1) is 5.56 Å². The van der Waals surface area contributed by atoms with Gasteiger partial charge in [-0.25, -0.2) is 8.78 Å². The van der Waals surface area contributed by atoms with Crippen LogP contribution in [0.15, 0.2) is 67.0 Å². The molecule has 2 aromatic carbocycles. The quantitative estimate of drug-likeness (QED) is 0.748. The molecule has 0 aliphatic rings. The summed E-state index contributed by atoms with van der Waals surface area (Å²) < 4.78 is 26.2. The minimum absolute atomic E-state index is 0.0197. The summed E-state index contributed by atoms with van der Waals surface area (Å²) in [7, 11) is 0. The molecule has 0 unspecified atom stereocenters. The fourth-order valence-corrected chi connectivity index (χ4v) is 2.22. The summed E-state index contributed by atoms with van der Waals surface area (Å²) in [5.74, 6) is -3.07. The van der Waals surface area contributed by atoms with E-state index < -0.39 is 17.5 Å². The summed E-state index contributed by atoms with van der Waals surface area (Å²) in [4.78, 5) is 28.1. The molecular weight excluding hydrogens is 340 g/mol. The first kappa shape index (κ1) is 17.2. The largest absolute Gasteiger partial charge is 0.322 e. The average Bonchev–Trinajstić information content (AvgIpc) is 2.65. The molecule has 7 heteroatoms. The molecule has 0 aliphatic heterocycles. The van der Waals surface area contributed by atoms with Gasteiger partial charge < -0.3 is 10.6 Å². The molecule has 2 amide bonds. The topological polar surface area (TPSA) is 71.1 Å². The number of nitrogens with zero attached hydrogens (tertiary/aromatic N) is 1. The Morgan fingerprint density at radius 2 is 1.46 bits per heavy atom. The Morgan fingerprint density at radius 3 is 2.08 bits per heavy atom. The molecule has 5 nitrogen and oxygen atoms in total. The predicted molar refractivity (Wildman–Crippen MR) is 92.9 cm³/mol. The lowest BCUT2D eigenvalue weighted by Gasteiger charge is -2.09. The van der Waals surface area contributed by atoms with Gasteiger partial charge in [-0.15, -0.1) is 0 Å². The monoisotopic (exact) mass is 353 g/mol. The van der Waals surface area contributed by atoms with E-state index in [0.717, 1.165) is 12.1 Å².